The van der Waals surface area contributed by atoms with Gasteiger partial charge in [0, 0.05) is 24.7 Å². The maximum Gasteiger partial charge on any atom is 0.419 e. The second kappa shape index (κ2) is 6.67. The number of benzene rings is 1. The van der Waals surface area contributed by atoms with Crippen molar-refractivity contribution in [3.8, 4) is 23.4 Å². The summed E-state index contributed by atoms with van der Waals surface area (Å²) in [7, 11) is 0. The third-order valence-corrected chi connectivity index (χ3v) is 2.82. The van der Waals surface area contributed by atoms with Crippen LogP contribution in [-0.2, 0) is 6.18 Å². The van der Waals surface area contributed by atoms with E-state index in [0.29, 0.717) is 12.4 Å². The van der Waals surface area contributed by atoms with Crippen LogP contribution >= 0.6 is 0 Å². The van der Waals surface area contributed by atoms with Crippen molar-refractivity contribution in [1.29, 1.82) is 0 Å². The number of hydrogen-bond donors (Lipinski definition) is 0. The Balaban J connectivity index is 1.81. The summed E-state index contributed by atoms with van der Waals surface area (Å²) in [6, 6.07) is 7.22. The van der Waals surface area contributed by atoms with E-state index in [-0.39, 0.29) is 23.4 Å². The van der Waals surface area contributed by atoms with Gasteiger partial charge in [-0.05, 0) is 12.1 Å². The summed E-state index contributed by atoms with van der Waals surface area (Å²) in [5.41, 5.74) is -0.999. The molecule has 3 rings (SSSR count). The van der Waals surface area contributed by atoms with Crippen molar-refractivity contribution < 1.29 is 27.0 Å². The number of alkyl halides is 3. The van der Waals surface area contributed by atoms with Gasteiger partial charge >= 0.3 is 18.3 Å². The highest BCUT2D eigenvalue weighted by Gasteiger charge is 2.31. The van der Waals surface area contributed by atoms with Crippen LogP contribution in [0.2, 0.25) is 0 Å². The van der Waals surface area contributed by atoms with Crippen molar-refractivity contribution in [1.82, 2.24) is 19.9 Å². The van der Waals surface area contributed by atoms with E-state index in [0.717, 1.165) is 0 Å². The second-order valence-electron chi connectivity index (χ2n) is 4.57. The van der Waals surface area contributed by atoms with E-state index in [1.807, 2.05) is 0 Å². The third kappa shape index (κ3) is 4.16. The first-order valence-corrected chi connectivity index (χ1v) is 6.74. The van der Waals surface area contributed by atoms with Gasteiger partial charge in [0.15, 0.2) is 11.5 Å². The van der Waals surface area contributed by atoms with Crippen LogP contribution in [0.5, 0.6) is 23.4 Å². The van der Waals surface area contributed by atoms with E-state index in [4.69, 9.17) is 9.47 Å². The van der Waals surface area contributed by atoms with Crippen molar-refractivity contribution >= 4 is 0 Å². The fourth-order valence-corrected chi connectivity index (χ4v) is 1.72. The van der Waals surface area contributed by atoms with Gasteiger partial charge in [0.1, 0.15) is 0 Å². The molecule has 0 atom stereocenters. The van der Waals surface area contributed by atoms with Crippen LogP contribution in [0, 0.1) is 6.08 Å². The molecular weight excluding hydrogens is 344 g/mol. The van der Waals surface area contributed by atoms with Crippen LogP contribution in [0.1, 0.15) is 5.56 Å². The molecule has 0 aliphatic rings. The van der Waals surface area contributed by atoms with Gasteiger partial charge in [-0.15, -0.1) is 0 Å². The monoisotopic (exact) mass is 352 g/mol. The Morgan fingerprint density at radius 3 is 2.08 bits per heavy atom. The standard InChI is InChI=1S/C15H8F4N4O2/c16-13-20-6-5-12(23-13)24-10-3-1-2-4-11(10)25-14-21-7-9(8-22-14)15(17,18)19/h1-8H. The molecule has 6 nitrogen and oxygen atoms in total. The summed E-state index contributed by atoms with van der Waals surface area (Å²) >= 11 is 0. The molecule has 0 fully saturated rings. The average Bonchev–Trinajstić information content (AvgIpc) is 2.56. The Morgan fingerprint density at radius 2 is 1.48 bits per heavy atom. The minimum absolute atomic E-state index is 0.0723. The molecule has 0 amide bonds. The van der Waals surface area contributed by atoms with E-state index in [1.54, 1.807) is 12.1 Å². The smallest absolute Gasteiger partial charge is 0.419 e. The number of ether oxygens (including phenoxy) is 2. The van der Waals surface area contributed by atoms with Crippen LogP contribution in [0.25, 0.3) is 0 Å². The lowest BCUT2D eigenvalue weighted by Crippen LogP contribution is -2.06. The number of nitrogens with zero attached hydrogens (tertiary/aromatic N) is 4. The van der Waals surface area contributed by atoms with Gasteiger partial charge in [0.25, 0.3) is 0 Å². The molecule has 0 radical (unpaired) electrons. The Morgan fingerprint density at radius 1 is 0.840 bits per heavy atom. The topological polar surface area (TPSA) is 70.0 Å². The normalized spacial score (nSPS) is 11.2. The maximum absolute atomic E-state index is 13.0. The lowest BCUT2D eigenvalue weighted by atomic mass is 10.3. The molecule has 25 heavy (non-hydrogen) atoms. The van der Waals surface area contributed by atoms with E-state index in [9.17, 15) is 17.6 Å². The minimum Gasteiger partial charge on any atom is -0.435 e. The highest BCUT2D eigenvalue weighted by molar-refractivity contribution is 5.42. The molecule has 0 spiro atoms. The molecule has 0 saturated heterocycles. The van der Waals surface area contributed by atoms with Crippen molar-refractivity contribution in [3.63, 3.8) is 0 Å². The number of rotatable bonds is 4. The molecule has 128 valence electrons. The summed E-state index contributed by atoms with van der Waals surface area (Å²) in [4.78, 5) is 13.8. The fraction of sp³-hybridized carbons (Fsp3) is 0.0667. The van der Waals surface area contributed by atoms with Crippen LogP contribution in [0.3, 0.4) is 0 Å². The van der Waals surface area contributed by atoms with E-state index < -0.39 is 17.8 Å². The summed E-state index contributed by atoms with van der Waals surface area (Å²) in [6.07, 6.45) is -3.14. The van der Waals surface area contributed by atoms with Gasteiger partial charge in [-0.2, -0.15) is 22.5 Å². The molecule has 3 aromatic rings. The van der Waals surface area contributed by atoms with Gasteiger partial charge in [-0.3, -0.25) is 0 Å². The highest BCUT2D eigenvalue weighted by atomic mass is 19.4. The van der Waals surface area contributed by atoms with Crippen molar-refractivity contribution in [2.45, 2.75) is 6.18 Å². The van der Waals surface area contributed by atoms with Crippen molar-refractivity contribution in [2.75, 3.05) is 0 Å². The number of aromatic nitrogens is 4. The molecular formula is C15H8F4N4O2. The zero-order valence-electron chi connectivity index (χ0n) is 12.2. The Labute approximate surface area is 138 Å². The van der Waals surface area contributed by atoms with Crippen molar-refractivity contribution in [3.05, 3.63) is 60.6 Å². The molecule has 0 aliphatic heterocycles. The van der Waals surface area contributed by atoms with E-state index >= 15 is 0 Å². The Kier molecular flexibility index (Phi) is 4.42. The van der Waals surface area contributed by atoms with Crippen LogP contribution in [0.4, 0.5) is 17.6 Å². The molecule has 0 unspecified atom stereocenters. The lowest BCUT2D eigenvalue weighted by Gasteiger charge is -2.11. The Hall–Kier alpha value is -3.30. The van der Waals surface area contributed by atoms with Crippen LogP contribution in [0.15, 0.2) is 48.9 Å². The summed E-state index contributed by atoms with van der Waals surface area (Å²) in [5, 5.41) is 0. The first-order chi connectivity index (χ1) is 11.9. The number of para-hydroxylation sites is 2. The van der Waals surface area contributed by atoms with Crippen LogP contribution in [-0.4, -0.2) is 19.9 Å². The molecule has 0 bridgehead atoms. The summed E-state index contributed by atoms with van der Waals surface area (Å²) in [6.45, 7) is 0. The quantitative estimate of drug-likeness (QED) is 0.522. The first-order valence-electron chi connectivity index (χ1n) is 6.74. The third-order valence-electron chi connectivity index (χ3n) is 2.82. The maximum atomic E-state index is 13.0. The summed E-state index contributed by atoms with van der Waals surface area (Å²) < 4.78 is 61.2. The zero-order valence-corrected chi connectivity index (χ0v) is 12.2. The molecule has 1 aromatic carbocycles. The summed E-state index contributed by atoms with van der Waals surface area (Å²) in [5.74, 6) is 0.183. The molecule has 0 aliphatic carbocycles. The zero-order chi connectivity index (χ0) is 17.9. The van der Waals surface area contributed by atoms with Gasteiger partial charge in [0.05, 0.1) is 5.56 Å². The van der Waals surface area contributed by atoms with Crippen molar-refractivity contribution in [2.24, 2.45) is 0 Å². The second-order valence-corrected chi connectivity index (χ2v) is 4.57. The molecule has 2 aromatic heterocycles. The van der Waals surface area contributed by atoms with Gasteiger partial charge < -0.3 is 9.47 Å². The Bertz CT molecular complexity index is 872. The molecule has 2 heterocycles. The SMILES string of the molecule is Fc1nccc(Oc2ccccc2Oc2ncc(C(F)(F)F)cn2)n1. The average molecular weight is 352 g/mol. The highest BCUT2D eigenvalue weighted by Crippen LogP contribution is 2.33. The van der Waals surface area contributed by atoms with Gasteiger partial charge in [0.2, 0.25) is 5.88 Å². The predicted octanol–water partition coefficient (Wildman–Crippen LogP) is 4.01. The molecule has 10 heteroatoms. The number of hydrogen-bond acceptors (Lipinski definition) is 6. The number of halogens is 4. The van der Waals surface area contributed by atoms with Gasteiger partial charge in [-0.25, -0.2) is 15.0 Å². The molecule has 0 saturated carbocycles. The first kappa shape index (κ1) is 16.6. The minimum atomic E-state index is -4.55. The lowest BCUT2D eigenvalue weighted by molar-refractivity contribution is -0.138. The van der Waals surface area contributed by atoms with E-state index in [2.05, 4.69) is 19.9 Å². The fourth-order valence-electron chi connectivity index (χ4n) is 1.72. The van der Waals surface area contributed by atoms with E-state index in [1.165, 1.54) is 24.4 Å². The largest absolute Gasteiger partial charge is 0.435 e. The predicted molar refractivity (Wildman–Crippen MR) is 75.6 cm³/mol. The molecule has 0 N–H and O–H groups in total. The van der Waals surface area contributed by atoms with Gasteiger partial charge in [-0.1, -0.05) is 12.1 Å². The van der Waals surface area contributed by atoms with Crippen LogP contribution < -0.4 is 9.47 Å².